The molecule has 0 radical (unpaired) electrons. The topological polar surface area (TPSA) is 89.2 Å². The van der Waals surface area contributed by atoms with Crippen molar-refractivity contribution in [2.45, 2.75) is 37.5 Å². The van der Waals surface area contributed by atoms with Gasteiger partial charge in [-0.15, -0.1) is 11.3 Å². The van der Waals surface area contributed by atoms with Crippen LogP contribution in [0.25, 0.3) is 22.6 Å². The number of rotatable bonds is 5. The summed E-state index contributed by atoms with van der Waals surface area (Å²) in [5.74, 6) is 0.839. The van der Waals surface area contributed by atoms with E-state index in [0.29, 0.717) is 29.7 Å². The SMILES string of the molecule is Cc1ccc(S(=O)(=O)N2CCC[C@H](c3nc(-c4cccc(-c5csc(C)n5)c4)no3)C2)cc1. The number of nitrogens with zero attached hydrogens (tertiary/aromatic N) is 4. The lowest BCUT2D eigenvalue weighted by molar-refractivity contribution is 0.265. The minimum atomic E-state index is -3.56. The van der Waals surface area contributed by atoms with Gasteiger partial charge in [-0.2, -0.15) is 9.29 Å². The van der Waals surface area contributed by atoms with Crippen LogP contribution in [0.5, 0.6) is 0 Å². The summed E-state index contributed by atoms with van der Waals surface area (Å²) in [6.07, 6.45) is 1.55. The van der Waals surface area contributed by atoms with E-state index in [9.17, 15) is 8.42 Å². The minimum Gasteiger partial charge on any atom is -0.339 e. The van der Waals surface area contributed by atoms with Gasteiger partial charge in [0.2, 0.25) is 21.7 Å². The van der Waals surface area contributed by atoms with Crippen LogP contribution in [0.15, 0.2) is 63.3 Å². The number of piperidine rings is 1. The molecule has 9 heteroatoms. The van der Waals surface area contributed by atoms with Gasteiger partial charge in [-0.05, 0) is 44.9 Å². The Morgan fingerprint density at radius 2 is 1.85 bits per heavy atom. The number of hydrogen-bond donors (Lipinski definition) is 0. The molecule has 0 aliphatic carbocycles. The van der Waals surface area contributed by atoms with Crippen LogP contribution in [0.4, 0.5) is 0 Å². The lowest BCUT2D eigenvalue weighted by Crippen LogP contribution is -2.39. The molecule has 0 bridgehead atoms. The fraction of sp³-hybridized carbons (Fsp3) is 0.292. The van der Waals surface area contributed by atoms with Gasteiger partial charge >= 0.3 is 0 Å². The predicted molar refractivity (Wildman–Crippen MR) is 127 cm³/mol. The molecule has 5 rings (SSSR count). The summed E-state index contributed by atoms with van der Waals surface area (Å²) in [4.78, 5) is 9.49. The molecule has 3 heterocycles. The van der Waals surface area contributed by atoms with Crippen LogP contribution in [-0.4, -0.2) is 40.9 Å². The van der Waals surface area contributed by atoms with Crippen LogP contribution in [0.1, 0.15) is 35.2 Å². The van der Waals surface area contributed by atoms with E-state index in [0.717, 1.165) is 40.2 Å². The summed E-state index contributed by atoms with van der Waals surface area (Å²) in [5.41, 5.74) is 3.79. The van der Waals surface area contributed by atoms with Crippen molar-refractivity contribution in [2.75, 3.05) is 13.1 Å². The van der Waals surface area contributed by atoms with E-state index in [1.807, 2.05) is 55.6 Å². The molecule has 0 saturated carbocycles. The highest BCUT2D eigenvalue weighted by molar-refractivity contribution is 7.89. The molecule has 0 unspecified atom stereocenters. The third-order valence-electron chi connectivity index (χ3n) is 5.87. The van der Waals surface area contributed by atoms with Crippen molar-refractivity contribution in [1.29, 1.82) is 0 Å². The molecule has 7 nitrogen and oxygen atoms in total. The quantitative estimate of drug-likeness (QED) is 0.397. The summed E-state index contributed by atoms with van der Waals surface area (Å²) >= 11 is 1.61. The van der Waals surface area contributed by atoms with Crippen molar-refractivity contribution in [3.05, 3.63) is 70.4 Å². The van der Waals surface area contributed by atoms with Gasteiger partial charge in [0.25, 0.3) is 0 Å². The maximum absolute atomic E-state index is 13.1. The second-order valence-electron chi connectivity index (χ2n) is 8.30. The molecular formula is C24H24N4O3S2. The maximum Gasteiger partial charge on any atom is 0.243 e. The summed E-state index contributed by atoms with van der Waals surface area (Å²) in [6, 6.07) is 14.9. The molecule has 0 amide bonds. The van der Waals surface area contributed by atoms with Crippen LogP contribution >= 0.6 is 11.3 Å². The molecule has 33 heavy (non-hydrogen) atoms. The van der Waals surface area contributed by atoms with E-state index < -0.39 is 10.0 Å². The highest BCUT2D eigenvalue weighted by atomic mass is 32.2. The Labute approximate surface area is 197 Å². The smallest absolute Gasteiger partial charge is 0.243 e. The van der Waals surface area contributed by atoms with Gasteiger partial charge in [0.05, 0.1) is 21.5 Å². The monoisotopic (exact) mass is 480 g/mol. The molecule has 2 aromatic heterocycles. The first-order valence-corrected chi connectivity index (χ1v) is 13.2. The average Bonchev–Trinajstić information content (AvgIpc) is 3.49. The van der Waals surface area contributed by atoms with Gasteiger partial charge in [0.1, 0.15) is 0 Å². The molecule has 170 valence electrons. The van der Waals surface area contributed by atoms with Crippen molar-refractivity contribution >= 4 is 21.4 Å². The lowest BCUT2D eigenvalue weighted by Gasteiger charge is -2.30. The Morgan fingerprint density at radius 3 is 2.61 bits per heavy atom. The zero-order chi connectivity index (χ0) is 23.0. The van der Waals surface area contributed by atoms with Gasteiger partial charge in [0, 0.05) is 29.6 Å². The Kier molecular flexibility index (Phi) is 5.86. The van der Waals surface area contributed by atoms with Crippen LogP contribution < -0.4 is 0 Å². The van der Waals surface area contributed by atoms with E-state index in [-0.39, 0.29) is 5.92 Å². The van der Waals surface area contributed by atoms with Gasteiger partial charge in [-0.3, -0.25) is 0 Å². The minimum absolute atomic E-state index is 0.135. The normalized spacial score (nSPS) is 17.3. The molecule has 1 atom stereocenters. The average molecular weight is 481 g/mol. The van der Waals surface area contributed by atoms with Crippen molar-refractivity contribution in [2.24, 2.45) is 0 Å². The molecule has 0 spiro atoms. The van der Waals surface area contributed by atoms with Crippen LogP contribution in [0.3, 0.4) is 0 Å². The maximum atomic E-state index is 13.1. The predicted octanol–water partition coefficient (Wildman–Crippen LogP) is 5.05. The number of aryl methyl sites for hydroxylation is 2. The van der Waals surface area contributed by atoms with E-state index in [4.69, 9.17) is 4.52 Å². The number of sulfonamides is 1. The van der Waals surface area contributed by atoms with Crippen molar-refractivity contribution in [3.63, 3.8) is 0 Å². The third-order valence-corrected chi connectivity index (χ3v) is 8.52. The highest BCUT2D eigenvalue weighted by Crippen LogP contribution is 2.31. The molecular weight excluding hydrogens is 456 g/mol. The first kappa shape index (κ1) is 21.9. The number of aromatic nitrogens is 3. The fourth-order valence-electron chi connectivity index (χ4n) is 4.05. The Bertz CT molecular complexity index is 1380. The number of hydrogen-bond acceptors (Lipinski definition) is 7. The van der Waals surface area contributed by atoms with E-state index in [1.54, 1.807) is 23.5 Å². The van der Waals surface area contributed by atoms with Crippen LogP contribution in [-0.2, 0) is 10.0 Å². The standard InChI is InChI=1S/C24H24N4O3S2/c1-16-8-10-21(11-9-16)33(29,30)28-12-4-7-20(14-28)24-26-23(27-31-24)19-6-3-5-18(13-19)22-15-32-17(2)25-22/h3,5-6,8-11,13,15,20H,4,7,12,14H2,1-2H3/t20-/m0/s1. The lowest BCUT2D eigenvalue weighted by atomic mass is 10.00. The first-order valence-electron chi connectivity index (χ1n) is 10.8. The summed E-state index contributed by atoms with van der Waals surface area (Å²) in [6.45, 7) is 4.74. The Hall–Kier alpha value is -2.88. The Morgan fingerprint density at radius 1 is 1.06 bits per heavy atom. The molecule has 1 saturated heterocycles. The fourth-order valence-corrected chi connectivity index (χ4v) is 6.20. The van der Waals surface area contributed by atoms with Gasteiger partial charge in [-0.25, -0.2) is 13.4 Å². The third kappa shape index (κ3) is 4.48. The van der Waals surface area contributed by atoms with Crippen molar-refractivity contribution in [3.8, 4) is 22.6 Å². The van der Waals surface area contributed by atoms with Crippen LogP contribution in [0, 0.1) is 13.8 Å². The zero-order valence-corrected chi connectivity index (χ0v) is 20.1. The van der Waals surface area contributed by atoms with E-state index >= 15 is 0 Å². The van der Waals surface area contributed by atoms with Gasteiger partial charge in [-0.1, -0.05) is 41.1 Å². The largest absolute Gasteiger partial charge is 0.339 e. The summed E-state index contributed by atoms with van der Waals surface area (Å²) in [7, 11) is -3.56. The number of benzene rings is 2. The zero-order valence-electron chi connectivity index (χ0n) is 18.4. The number of thiazole rings is 1. The van der Waals surface area contributed by atoms with E-state index in [1.165, 1.54) is 4.31 Å². The molecule has 1 fully saturated rings. The summed E-state index contributed by atoms with van der Waals surface area (Å²) in [5, 5.41) is 7.23. The summed E-state index contributed by atoms with van der Waals surface area (Å²) < 4.78 is 33.4. The van der Waals surface area contributed by atoms with Gasteiger partial charge in [0.15, 0.2) is 0 Å². The van der Waals surface area contributed by atoms with Crippen LogP contribution in [0.2, 0.25) is 0 Å². The molecule has 1 aliphatic heterocycles. The van der Waals surface area contributed by atoms with Crippen molar-refractivity contribution < 1.29 is 12.9 Å². The van der Waals surface area contributed by atoms with Gasteiger partial charge < -0.3 is 4.52 Å². The first-order chi connectivity index (χ1) is 15.9. The van der Waals surface area contributed by atoms with Crippen molar-refractivity contribution in [1.82, 2.24) is 19.4 Å². The molecule has 2 aromatic carbocycles. The second-order valence-corrected chi connectivity index (χ2v) is 11.3. The Balaban J connectivity index is 1.36. The highest BCUT2D eigenvalue weighted by Gasteiger charge is 2.33. The molecule has 4 aromatic rings. The molecule has 1 aliphatic rings. The second kappa shape index (κ2) is 8.81. The molecule has 0 N–H and O–H groups in total. The van der Waals surface area contributed by atoms with E-state index in [2.05, 4.69) is 15.1 Å².